The van der Waals surface area contributed by atoms with Gasteiger partial charge >= 0.3 is 0 Å². The minimum Gasteiger partial charge on any atom is -0.309 e. The van der Waals surface area contributed by atoms with Gasteiger partial charge in [-0.05, 0) is 51.3 Å². The molecule has 3 rings (SSSR count). The molecule has 3 aromatic rings. The molecule has 26 heavy (non-hydrogen) atoms. The highest BCUT2D eigenvalue weighted by Gasteiger charge is 2.24. The number of hydrogen-bond acceptors (Lipinski definition) is 5. The lowest BCUT2D eigenvalue weighted by atomic mass is 10.3. The van der Waals surface area contributed by atoms with Crippen LogP contribution in [-0.4, -0.2) is 43.0 Å². The van der Waals surface area contributed by atoms with E-state index in [0.29, 0.717) is 30.9 Å². The third-order valence-electron chi connectivity index (χ3n) is 3.69. The summed E-state index contributed by atoms with van der Waals surface area (Å²) in [7, 11) is 4.00. The zero-order valence-electron chi connectivity index (χ0n) is 14.1. The Kier molecular flexibility index (Phi) is 6.43. The molecule has 1 aromatic carbocycles. The summed E-state index contributed by atoms with van der Waals surface area (Å²) in [5, 5.41) is 1.27. The first-order valence-electron chi connectivity index (χ1n) is 7.82. The van der Waals surface area contributed by atoms with Gasteiger partial charge in [-0.25, -0.2) is 4.98 Å². The number of anilines is 1. The predicted octanol–water partition coefficient (Wildman–Crippen LogP) is 5.92. The van der Waals surface area contributed by atoms with Gasteiger partial charge in [-0.2, -0.15) is 0 Å². The summed E-state index contributed by atoms with van der Waals surface area (Å²) in [6, 6.07) is 7.12. The van der Waals surface area contributed by atoms with E-state index in [9.17, 15) is 4.79 Å². The molecule has 0 bridgehead atoms. The van der Waals surface area contributed by atoms with Crippen LogP contribution < -0.4 is 4.90 Å². The van der Waals surface area contributed by atoms with Gasteiger partial charge in [-0.15, -0.1) is 11.3 Å². The molecule has 0 saturated heterocycles. The zero-order chi connectivity index (χ0) is 18.8. The van der Waals surface area contributed by atoms with E-state index in [1.54, 1.807) is 17.0 Å². The van der Waals surface area contributed by atoms with Crippen LogP contribution in [0.4, 0.5) is 5.13 Å². The number of carbonyl (C=O) groups is 1. The molecule has 9 heteroatoms. The first kappa shape index (κ1) is 19.9. The van der Waals surface area contributed by atoms with Gasteiger partial charge in [0.05, 0.1) is 20.1 Å². The number of nitrogens with zero attached hydrogens (tertiary/aromatic N) is 3. The molecule has 1 amide bonds. The van der Waals surface area contributed by atoms with Crippen molar-refractivity contribution in [3.05, 3.63) is 43.5 Å². The van der Waals surface area contributed by atoms with E-state index >= 15 is 0 Å². The molecule has 0 unspecified atom stereocenters. The molecule has 0 aliphatic heterocycles. The molecule has 0 aliphatic carbocycles. The van der Waals surface area contributed by atoms with Crippen LogP contribution in [0.1, 0.15) is 16.8 Å². The highest BCUT2D eigenvalue weighted by molar-refractivity contribution is 7.22. The third-order valence-corrected chi connectivity index (χ3v) is 6.45. The van der Waals surface area contributed by atoms with Crippen molar-refractivity contribution in [2.75, 3.05) is 32.1 Å². The molecule has 0 radical (unpaired) electrons. The van der Waals surface area contributed by atoms with E-state index in [1.165, 1.54) is 22.7 Å². The van der Waals surface area contributed by atoms with Crippen LogP contribution in [0.25, 0.3) is 10.2 Å². The van der Waals surface area contributed by atoms with E-state index in [-0.39, 0.29) is 5.91 Å². The minimum absolute atomic E-state index is 0.193. The molecule has 0 spiro atoms. The number of hydrogen-bond donors (Lipinski definition) is 0. The maximum atomic E-state index is 13.1. The molecule has 0 aliphatic rings. The quantitative estimate of drug-likeness (QED) is 0.470. The first-order chi connectivity index (χ1) is 12.3. The van der Waals surface area contributed by atoms with Crippen molar-refractivity contribution >= 4 is 78.7 Å². The normalized spacial score (nSPS) is 11.5. The van der Waals surface area contributed by atoms with Gasteiger partial charge in [0, 0.05) is 11.6 Å². The van der Waals surface area contributed by atoms with Crippen LogP contribution in [0.2, 0.25) is 13.7 Å². The van der Waals surface area contributed by atoms with Gasteiger partial charge < -0.3 is 4.90 Å². The SMILES string of the molecule is CN(C)CCCN(C(=O)c1cc(Cl)sc1Cl)c1nc2ccc(Cl)cc2s1. The molecule has 2 heterocycles. The summed E-state index contributed by atoms with van der Waals surface area (Å²) in [5.41, 5.74) is 1.22. The Bertz CT molecular complexity index is 939. The Balaban J connectivity index is 1.95. The Hall–Kier alpha value is -0.890. The maximum absolute atomic E-state index is 13.1. The number of fused-ring (bicyclic) bond motifs is 1. The zero-order valence-corrected chi connectivity index (χ0v) is 18.0. The second-order valence-corrected chi connectivity index (χ2v) is 9.69. The number of thiophene rings is 1. The second-order valence-electron chi connectivity index (χ2n) is 5.96. The van der Waals surface area contributed by atoms with E-state index in [2.05, 4.69) is 9.88 Å². The fraction of sp³-hybridized carbons (Fsp3) is 0.294. The highest BCUT2D eigenvalue weighted by Crippen LogP contribution is 2.35. The minimum atomic E-state index is -0.193. The number of benzene rings is 1. The van der Waals surface area contributed by atoms with Crippen molar-refractivity contribution < 1.29 is 4.79 Å². The van der Waals surface area contributed by atoms with Crippen LogP contribution >= 0.6 is 57.5 Å². The van der Waals surface area contributed by atoms with Gasteiger partial charge in [0.15, 0.2) is 5.13 Å². The van der Waals surface area contributed by atoms with Gasteiger partial charge in [0.1, 0.15) is 4.34 Å². The standard InChI is InChI=1S/C17H16Cl3N3OS2/c1-22(2)6-3-7-23(16(24)11-9-14(19)26-15(11)20)17-21-12-5-4-10(18)8-13(12)25-17/h4-5,8-9H,3,6-7H2,1-2H3. The smallest absolute Gasteiger partial charge is 0.262 e. The summed E-state index contributed by atoms with van der Waals surface area (Å²) < 4.78 is 1.82. The number of amides is 1. The number of halogens is 3. The van der Waals surface area contributed by atoms with Gasteiger partial charge in [-0.1, -0.05) is 46.1 Å². The molecule has 0 fully saturated rings. The third kappa shape index (κ3) is 4.50. The fourth-order valence-corrected chi connectivity index (χ4v) is 5.18. The maximum Gasteiger partial charge on any atom is 0.262 e. The number of aromatic nitrogens is 1. The Labute approximate surface area is 174 Å². The van der Waals surface area contributed by atoms with Gasteiger partial charge in [0.2, 0.25) is 0 Å². The Morgan fingerprint density at radius 3 is 2.54 bits per heavy atom. The lowest BCUT2D eigenvalue weighted by Gasteiger charge is -2.20. The average Bonchev–Trinajstić information content (AvgIpc) is 3.12. The molecule has 138 valence electrons. The summed E-state index contributed by atoms with van der Waals surface area (Å²) in [5.74, 6) is -0.193. The van der Waals surface area contributed by atoms with Crippen molar-refractivity contribution in [1.82, 2.24) is 9.88 Å². The molecule has 4 nitrogen and oxygen atoms in total. The fourth-order valence-electron chi connectivity index (χ4n) is 2.46. The Morgan fingerprint density at radius 1 is 1.12 bits per heavy atom. The number of thiazole rings is 1. The molecule has 0 N–H and O–H groups in total. The van der Waals surface area contributed by atoms with E-state index in [4.69, 9.17) is 34.8 Å². The van der Waals surface area contributed by atoms with Crippen molar-refractivity contribution in [2.24, 2.45) is 0 Å². The summed E-state index contributed by atoms with van der Waals surface area (Å²) in [4.78, 5) is 21.5. The van der Waals surface area contributed by atoms with Crippen molar-refractivity contribution in [1.29, 1.82) is 0 Å². The largest absolute Gasteiger partial charge is 0.309 e. The molecule has 2 aromatic heterocycles. The van der Waals surface area contributed by atoms with Crippen LogP contribution in [0.15, 0.2) is 24.3 Å². The molecule has 0 atom stereocenters. The van der Waals surface area contributed by atoms with E-state index in [0.717, 1.165) is 23.2 Å². The van der Waals surface area contributed by atoms with Crippen molar-refractivity contribution in [3.63, 3.8) is 0 Å². The van der Waals surface area contributed by atoms with Gasteiger partial charge in [-0.3, -0.25) is 9.69 Å². The summed E-state index contributed by atoms with van der Waals surface area (Å²) >= 11 is 20.9. The predicted molar refractivity (Wildman–Crippen MR) is 114 cm³/mol. The number of carbonyl (C=O) groups excluding carboxylic acids is 1. The van der Waals surface area contributed by atoms with Crippen LogP contribution in [0.5, 0.6) is 0 Å². The van der Waals surface area contributed by atoms with Crippen molar-refractivity contribution in [2.45, 2.75) is 6.42 Å². The first-order valence-corrected chi connectivity index (χ1v) is 10.6. The van der Waals surface area contributed by atoms with E-state index < -0.39 is 0 Å². The highest BCUT2D eigenvalue weighted by atomic mass is 35.5. The second kappa shape index (κ2) is 8.42. The van der Waals surface area contributed by atoms with Crippen LogP contribution in [0.3, 0.4) is 0 Å². The Morgan fingerprint density at radius 2 is 1.88 bits per heavy atom. The molecular formula is C17H16Cl3N3OS2. The summed E-state index contributed by atoms with van der Waals surface area (Å²) in [6.07, 6.45) is 0.810. The topological polar surface area (TPSA) is 36.4 Å². The van der Waals surface area contributed by atoms with Gasteiger partial charge in [0.25, 0.3) is 5.91 Å². The van der Waals surface area contributed by atoms with Crippen LogP contribution in [0, 0.1) is 0 Å². The summed E-state index contributed by atoms with van der Waals surface area (Å²) in [6.45, 7) is 1.40. The van der Waals surface area contributed by atoms with Crippen LogP contribution in [-0.2, 0) is 0 Å². The van der Waals surface area contributed by atoms with Crippen molar-refractivity contribution in [3.8, 4) is 0 Å². The monoisotopic (exact) mass is 447 g/mol. The number of rotatable bonds is 6. The average molecular weight is 449 g/mol. The van der Waals surface area contributed by atoms with E-state index in [1.807, 2.05) is 26.2 Å². The lowest BCUT2D eigenvalue weighted by molar-refractivity contribution is 0.0986. The lowest BCUT2D eigenvalue weighted by Crippen LogP contribution is -2.33. The molecule has 0 saturated carbocycles. The molecular weight excluding hydrogens is 433 g/mol.